The third kappa shape index (κ3) is 6.80. The van der Waals surface area contributed by atoms with Crippen LogP contribution in [-0.4, -0.2) is 29.9 Å². The molecule has 7 nitrogen and oxygen atoms in total. The van der Waals surface area contributed by atoms with Gasteiger partial charge in [0.2, 0.25) is 0 Å². The Labute approximate surface area is 250 Å². The van der Waals surface area contributed by atoms with Crippen LogP contribution >= 0.6 is 0 Å². The predicted octanol–water partition coefficient (Wildman–Crippen LogP) is 7.47. The van der Waals surface area contributed by atoms with E-state index in [-0.39, 0.29) is 24.0 Å². The van der Waals surface area contributed by atoms with Crippen LogP contribution in [0.5, 0.6) is 5.75 Å². The smallest absolute Gasteiger partial charge is 0.335 e. The summed E-state index contributed by atoms with van der Waals surface area (Å²) in [4.78, 5) is 39.2. The molecular weight excluding hydrogens is 540 g/mol. The van der Waals surface area contributed by atoms with Gasteiger partial charge in [0.05, 0.1) is 11.3 Å². The Kier molecular flexibility index (Phi) is 8.63. The molecule has 0 unspecified atom stereocenters. The molecule has 0 aliphatic heterocycles. The van der Waals surface area contributed by atoms with E-state index >= 15 is 0 Å². The molecule has 2 amide bonds. The minimum Gasteiger partial charge on any atom is -0.487 e. The third-order valence-electron chi connectivity index (χ3n) is 7.05. The number of carbonyl (C=O) groups excluding carboxylic acids is 2. The normalized spacial score (nSPS) is 10.6. The van der Waals surface area contributed by atoms with Crippen molar-refractivity contribution in [2.24, 2.45) is 0 Å². The van der Waals surface area contributed by atoms with Gasteiger partial charge >= 0.3 is 5.97 Å². The third-order valence-corrected chi connectivity index (χ3v) is 7.05. The molecule has 0 saturated carbocycles. The zero-order valence-electron chi connectivity index (χ0n) is 23.8. The molecule has 214 valence electrons. The van der Waals surface area contributed by atoms with Gasteiger partial charge in [-0.2, -0.15) is 0 Å². The van der Waals surface area contributed by atoms with E-state index in [1.165, 1.54) is 17.0 Å². The Morgan fingerprint density at radius 3 is 2.07 bits per heavy atom. The first-order valence-electron chi connectivity index (χ1n) is 13.7. The highest BCUT2D eigenvalue weighted by molar-refractivity contribution is 6.09. The van der Waals surface area contributed by atoms with Gasteiger partial charge in [0.1, 0.15) is 12.4 Å². The van der Waals surface area contributed by atoms with Crippen molar-refractivity contribution < 1.29 is 24.2 Å². The lowest BCUT2D eigenvalue weighted by atomic mass is 9.98. The summed E-state index contributed by atoms with van der Waals surface area (Å²) in [5.41, 5.74) is 6.10. The van der Waals surface area contributed by atoms with Gasteiger partial charge in [0, 0.05) is 23.9 Å². The van der Waals surface area contributed by atoms with Crippen molar-refractivity contribution in [3.8, 4) is 16.9 Å². The molecule has 5 aromatic carbocycles. The highest BCUT2D eigenvalue weighted by atomic mass is 16.5. The van der Waals surface area contributed by atoms with Crippen LogP contribution in [0.1, 0.15) is 42.2 Å². The van der Waals surface area contributed by atoms with E-state index in [0.29, 0.717) is 28.3 Å². The van der Waals surface area contributed by atoms with Gasteiger partial charge in [-0.3, -0.25) is 9.59 Å². The van der Waals surface area contributed by atoms with Crippen LogP contribution in [0.25, 0.3) is 11.1 Å². The van der Waals surface area contributed by atoms with E-state index in [1.54, 1.807) is 61.6 Å². The second-order valence-electron chi connectivity index (χ2n) is 10.1. The molecule has 0 spiro atoms. The van der Waals surface area contributed by atoms with Crippen LogP contribution in [0, 0.1) is 6.92 Å². The summed E-state index contributed by atoms with van der Waals surface area (Å²) in [6.07, 6.45) is 0. The quantitative estimate of drug-likeness (QED) is 0.192. The summed E-state index contributed by atoms with van der Waals surface area (Å²) in [7, 11) is 1.67. The minimum atomic E-state index is -0.989. The molecule has 0 bridgehead atoms. The number of amides is 2. The minimum absolute atomic E-state index is 0.201. The van der Waals surface area contributed by atoms with Crippen molar-refractivity contribution >= 4 is 29.2 Å². The maximum Gasteiger partial charge on any atom is 0.335 e. The van der Waals surface area contributed by atoms with Gasteiger partial charge in [0.25, 0.3) is 11.8 Å². The van der Waals surface area contributed by atoms with Gasteiger partial charge < -0.3 is 20.1 Å². The van der Waals surface area contributed by atoms with Crippen LogP contribution in [-0.2, 0) is 6.61 Å². The van der Waals surface area contributed by atoms with E-state index in [0.717, 1.165) is 22.3 Å². The zero-order valence-corrected chi connectivity index (χ0v) is 23.8. The van der Waals surface area contributed by atoms with Crippen molar-refractivity contribution in [2.45, 2.75) is 13.5 Å². The Bertz CT molecular complexity index is 1760. The number of rotatable bonds is 9. The number of nitrogens with zero attached hydrogens (tertiary/aromatic N) is 1. The van der Waals surface area contributed by atoms with Crippen LogP contribution in [0.4, 0.5) is 11.4 Å². The largest absolute Gasteiger partial charge is 0.487 e. The highest BCUT2D eigenvalue weighted by Gasteiger charge is 2.18. The number of hydrogen-bond donors (Lipinski definition) is 2. The lowest BCUT2D eigenvalue weighted by molar-refractivity contribution is 0.0696. The van der Waals surface area contributed by atoms with Gasteiger partial charge in [-0.25, -0.2) is 4.79 Å². The van der Waals surface area contributed by atoms with Gasteiger partial charge in [-0.15, -0.1) is 0 Å². The molecule has 0 saturated heterocycles. The molecule has 0 atom stereocenters. The molecule has 0 heterocycles. The van der Waals surface area contributed by atoms with E-state index < -0.39 is 5.97 Å². The number of ether oxygens (including phenoxy) is 1. The first-order chi connectivity index (χ1) is 20.8. The molecule has 0 aliphatic rings. The zero-order chi connectivity index (χ0) is 30.3. The Hall–Kier alpha value is -5.69. The first-order valence-corrected chi connectivity index (χ1v) is 13.7. The number of aryl methyl sites for hydroxylation is 1. The number of nitrogens with one attached hydrogen (secondary N) is 1. The fourth-order valence-corrected chi connectivity index (χ4v) is 4.62. The second-order valence-corrected chi connectivity index (χ2v) is 10.1. The summed E-state index contributed by atoms with van der Waals surface area (Å²) in [5.74, 6) is -0.964. The van der Waals surface area contributed by atoms with Crippen LogP contribution in [0.15, 0.2) is 121 Å². The number of carbonyl (C=O) groups is 3. The van der Waals surface area contributed by atoms with Crippen molar-refractivity contribution in [3.63, 3.8) is 0 Å². The number of aromatic carboxylic acids is 1. The number of para-hydroxylation sites is 2. The average Bonchev–Trinajstić information content (AvgIpc) is 3.04. The summed E-state index contributed by atoms with van der Waals surface area (Å²) in [6.45, 7) is 2.23. The first kappa shape index (κ1) is 28.8. The fourth-order valence-electron chi connectivity index (χ4n) is 4.62. The molecule has 7 heteroatoms. The molecule has 2 N–H and O–H groups in total. The summed E-state index contributed by atoms with van der Waals surface area (Å²) in [5, 5.41) is 12.0. The number of benzene rings is 5. The van der Waals surface area contributed by atoms with E-state index in [2.05, 4.69) is 5.32 Å². The Morgan fingerprint density at radius 2 is 1.37 bits per heavy atom. The second kappa shape index (κ2) is 12.9. The highest BCUT2D eigenvalue weighted by Crippen LogP contribution is 2.30. The van der Waals surface area contributed by atoms with Gasteiger partial charge in [-0.1, -0.05) is 72.3 Å². The number of hydrogen-bond acceptors (Lipinski definition) is 4. The SMILES string of the molecule is Cc1ccc(-c2ccccc2C(=O)Nc2ccc(C(=O)N(C)c3ccccc3OCc3ccc(C(=O)O)cc3)cc2)cc1. The van der Waals surface area contributed by atoms with Crippen molar-refractivity contribution in [2.75, 3.05) is 17.3 Å². The van der Waals surface area contributed by atoms with Crippen molar-refractivity contribution in [1.82, 2.24) is 0 Å². The van der Waals surface area contributed by atoms with Crippen molar-refractivity contribution in [1.29, 1.82) is 0 Å². The van der Waals surface area contributed by atoms with Crippen LogP contribution in [0.3, 0.4) is 0 Å². The van der Waals surface area contributed by atoms with E-state index in [4.69, 9.17) is 9.84 Å². The molecule has 0 aromatic heterocycles. The van der Waals surface area contributed by atoms with Crippen LogP contribution in [0.2, 0.25) is 0 Å². The molecule has 43 heavy (non-hydrogen) atoms. The maximum absolute atomic E-state index is 13.4. The van der Waals surface area contributed by atoms with Gasteiger partial charge in [0.15, 0.2) is 0 Å². The number of carboxylic acids is 1. The summed E-state index contributed by atoms with van der Waals surface area (Å²) < 4.78 is 5.99. The van der Waals surface area contributed by atoms with Crippen LogP contribution < -0.4 is 15.0 Å². The summed E-state index contributed by atoms with van der Waals surface area (Å²) in [6, 6.07) is 35.9. The predicted molar refractivity (Wildman–Crippen MR) is 168 cm³/mol. The lowest BCUT2D eigenvalue weighted by Gasteiger charge is -2.21. The topological polar surface area (TPSA) is 95.9 Å². The molecule has 0 aliphatic carbocycles. The molecular formula is C36H30N2O5. The maximum atomic E-state index is 13.4. The number of carboxylic acid groups (broad SMARTS) is 1. The lowest BCUT2D eigenvalue weighted by Crippen LogP contribution is -2.26. The summed E-state index contributed by atoms with van der Waals surface area (Å²) >= 11 is 0. The monoisotopic (exact) mass is 570 g/mol. The Balaban J connectivity index is 1.26. The van der Waals surface area contributed by atoms with E-state index in [1.807, 2.05) is 61.5 Å². The van der Waals surface area contributed by atoms with Crippen molar-refractivity contribution in [3.05, 3.63) is 149 Å². The molecule has 5 aromatic rings. The standard InChI is InChI=1S/C36H30N2O5/c1-24-11-15-26(16-12-24)30-7-3-4-8-31(30)34(39)37-29-21-19-27(20-22-29)35(40)38(2)32-9-5-6-10-33(32)43-23-25-13-17-28(18-14-25)36(41)42/h3-22H,23H2,1-2H3,(H,37,39)(H,41,42). The van der Waals surface area contributed by atoms with E-state index in [9.17, 15) is 14.4 Å². The molecule has 0 radical (unpaired) electrons. The molecule has 0 fully saturated rings. The van der Waals surface area contributed by atoms with Gasteiger partial charge in [-0.05, 0) is 78.2 Å². The molecule has 5 rings (SSSR count). The Morgan fingerprint density at radius 1 is 0.744 bits per heavy atom. The fraction of sp³-hybridized carbons (Fsp3) is 0.0833. The number of anilines is 2. The average molecular weight is 571 g/mol.